The molecule has 0 aromatic heterocycles. The van der Waals surface area contributed by atoms with E-state index in [4.69, 9.17) is 5.73 Å². The maximum atomic E-state index is 13.2. The topological polar surface area (TPSA) is 92.5 Å². The monoisotopic (exact) mass is 373 g/mol. The van der Waals surface area contributed by atoms with Crippen LogP contribution in [0.5, 0.6) is 0 Å². The van der Waals surface area contributed by atoms with E-state index in [1.165, 1.54) is 4.90 Å². The average Bonchev–Trinajstić information content (AvgIpc) is 2.92. The maximum Gasteiger partial charge on any atom is 0.325 e. The lowest BCUT2D eigenvalue weighted by molar-refractivity contribution is -0.131. The third-order valence-corrected chi connectivity index (χ3v) is 5.18. The summed E-state index contributed by atoms with van der Waals surface area (Å²) in [4.78, 5) is 38.2. The van der Waals surface area contributed by atoms with E-state index in [0.29, 0.717) is 5.56 Å². The summed E-state index contributed by atoms with van der Waals surface area (Å²) < 4.78 is 0. The number of amides is 4. The predicted octanol–water partition coefficient (Wildman–Crippen LogP) is 2.91. The van der Waals surface area contributed by atoms with Crippen LogP contribution >= 0.6 is 0 Å². The number of rotatable bonds is 4. The van der Waals surface area contributed by atoms with E-state index in [0.717, 1.165) is 21.9 Å². The number of benzene rings is 3. The molecule has 4 rings (SSSR count). The Labute approximate surface area is 161 Å². The van der Waals surface area contributed by atoms with Gasteiger partial charge in [-0.1, -0.05) is 54.6 Å². The Morgan fingerprint density at radius 1 is 1.00 bits per heavy atom. The normalized spacial score (nSPS) is 19.1. The smallest absolute Gasteiger partial charge is 0.325 e. The summed E-state index contributed by atoms with van der Waals surface area (Å²) in [5, 5.41) is 4.78. The minimum absolute atomic E-state index is 0.115. The van der Waals surface area contributed by atoms with E-state index in [2.05, 4.69) is 5.32 Å². The van der Waals surface area contributed by atoms with Gasteiger partial charge in [0, 0.05) is 5.56 Å². The molecule has 1 saturated heterocycles. The maximum absolute atomic E-state index is 13.2. The van der Waals surface area contributed by atoms with Gasteiger partial charge in [-0.25, -0.2) is 4.79 Å². The van der Waals surface area contributed by atoms with Crippen molar-refractivity contribution >= 4 is 28.6 Å². The van der Waals surface area contributed by atoms with Crippen molar-refractivity contribution in [1.29, 1.82) is 0 Å². The SMILES string of the molecule is C[C@]1(c2cccc3ccccc23)NC(=O)N(Cc2ccc(C(N)=O)cc2)C1=O. The number of nitrogens with zero attached hydrogens (tertiary/aromatic N) is 1. The van der Waals surface area contributed by atoms with E-state index in [9.17, 15) is 14.4 Å². The summed E-state index contributed by atoms with van der Waals surface area (Å²) >= 11 is 0. The zero-order valence-electron chi connectivity index (χ0n) is 15.3. The Morgan fingerprint density at radius 2 is 1.68 bits per heavy atom. The Hall–Kier alpha value is -3.67. The third kappa shape index (κ3) is 2.79. The van der Waals surface area contributed by atoms with Gasteiger partial charge in [-0.2, -0.15) is 0 Å². The molecular formula is C22H19N3O3. The predicted molar refractivity (Wildman–Crippen MR) is 105 cm³/mol. The molecule has 0 saturated carbocycles. The van der Waals surface area contributed by atoms with Crippen molar-refractivity contribution in [3.63, 3.8) is 0 Å². The number of imide groups is 1. The van der Waals surface area contributed by atoms with Crippen LogP contribution in [-0.2, 0) is 16.9 Å². The molecule has 6 nitrogen and oxygen atoms in total. The first-order valence-corrected chi connectivity index (χ1v) is 8.91. The van der Waals surface area contributed by atoms with Crippen molar-refractivity contribution in [3.05, 3.63) is 83.4 Å². The van der Waals surface area contributed by atoms with E-state index in [1.807, 2.05) is 42.5 Å². The zero-order chi connectivity index (χ0) is 19.9. The highest BCUT2D eigenvalue weighted by Crippen LogP contribution is 2.34. The number of nitrogens with one attached hydrogen (secondary N) is 1. The number of nitrogens with two attached hydrogens (primary N) is 1. The first kappa shape index (κ1) is 17.7. The van der Waals surface area contributed by atoms with E-state index in [-0.39, 0.29) is 12.5 Å². The highest BCUT2D eigenvalue weighted by Gasteiger charge is 2.49. The number of carbonyl (C=O) groups is 3. The van der Waals surface area contributed by atoms with Crippen LogP contribution in [-0.4, -0.2) is 22.7 Å². The second-order valence-electron chi connectivity index (χ2n) is 7.03. The fourth-order valence-corrected chi connectivity index (χ4v) is 3.64. The third-order valence-electron chi connectivity index (χ3n) is 5.18. The molecule has 0 radical (unpaired) electrons. The summed E-state index contributed by atoms with van der Waals surface area (Å²) in [6.07, 6.45) is 0. The molecule has 1 heterocycles. The molecule has 3 N–H and O–H groups in total. The number of hydrogen-bond acceptors (Lipinski definition) is 3. The summed E-state index contributed by atoms with van der Waals surface area (Å²) in [5.74, 6) is -0.835. The molecule has 0 aliphatic carbocycles. The Balaban J connectivity index is 1.67. The second kappa shape index (κ2) is 6.49. The molecule has 1 atom stereocenters. The number of carbonyl (C=O) groups excluding carboxylic acids is 3. The van der Waals surface area contributed by atoms with Gasteiger partial charge in [0.2, 0.25) is 5.91 Å². The van der Waals surface area contributed by atoms with Crippen molar-refractivity contribution in [1.82, 2.24) is 10.2 Å². The van der Waals surface area contributed by atoms with Gasteiger partial charge in [-0.15, -0.1) is 0 Å². The zero-order valence-corrected chi connectivity index (χ0v) is 15.3. The molecular weight excluding hydrogens is 354 g/mol. The van der Waals surface area contributed by atoms with E-state index in [1.54, 1.807) is 31.2 Å². The fraction of sp³-hybridized carbons (Fsp3) is 0.136. The molecule has 1 aliphatic rings. The molecule has 4 amide bonds. The Bertz CT molecular complexity index is 1100. The lowest BCUT2D eigenvalue weighted by Crippen LogP contribution is -2.41. The molecule has 6 heteroatoms. The first-order chi connectivity index (χ1) is 13.4. The Kier molecular flexibility index (Phi) is 4.11. The van der Waals surface area contributed by atoms with Gasteiger partial charge in [0.15, 0.2) is 0 Å². The van der Waals surface area contributed by atoms with Crippen LogP contribution in [0.25, 0.3) is 10.8 Å². The van der Waals surface area contributed by atoms with Crippen LogP contribution in [0.15, 0.2) is 66.7 Å². The van der Waals surface area contributed by atoms with E-state index < -0.39 is 17.5 Å². The highest BCUT2D eigenvalue weighted by atomic mass is 16.2. The van der Waals surface area contributed by atoms with Gasteiger partial charge in [-0.05, 0) is 41.0 Å². The first-order valence-electron chi connectivity index (χ1n) is 8.91. The van der Waals surface area contributed by atoms with Crippen LogP contribution in [0.1, 0.15) is 28.4 Å². The van der Waals surface area contributed by atoms with Gasteiger partial charge in [0.25, 0.3) is 5.91 Å². The molecule has 3 aromatic carbocycles. The van der Waals surface area contributed by atoms with Crippen molar-refractivity contribution in [2.24, 2.45) is 5.73 Å². The number of primary amides is 1. The number of hydrogen-bond donors (Lipinski definition) is 2. The fourth-order valence-electron chi connectivity index (χ4n) is 3.64. The molecule has 1 aliphatic heterocycles. The lowest BCUT2D eigenvalue weighted by atomic mass is 9.88. The molecule has 0 unspecified atom stereocenters. The molecule has 140 valence electrons. The van der Waals surface area contributed by atoms with Gasteiger partial charge in [0.05, 0.1) is 6.54 Å². The van der Waals surface area contributed by atoms with Gasteiger partial charge >= 0.3 is 6.03 Å². The largest absolute Gasteiger partial charge is 0.366 e. The van der Waals surface area contributed by atoms with Crippen LogP contribution in [0.3, 0.4) is 0 Å². The lowest BCUT2D eigenvalue weighted by Gasteiger charge is -2.24. The molecule has 0 bridgehead atoms. The summed E-state index contributed by atoms with van der Waals surface area (Å²) in [6.45, 7) is 1.84. The molecule has 1 fully saturated rings. The van der Waals surface area contributed by atoms with Crippen molar-refractivity contribution in [2.45, 2.75) is 19.0 Å². The van der Waals surface area contributed by atoms with Crippen molar-refractivity contribution in [2.75, 3.05) is 0 Å². The highest BCUT2D eigenvalue weighted by molar-refractivity contribution is 6.09. The summed E-state index contributed by atoms with van der Waals surface area (Å²) in [5.41, 5.74) is 5.97. The molecule has 3 aromatic rings. The van der Waals surface area contributed by atoms with Crippen LogP contribution in [0.2, 0.25) is 0 Å². The number of urea groups is 1. The standard InChI is InChI=1S/C22H19N3O3/c1-22(18-8-4-6-15-5-2-3-7-17(15)18)20(27)25(21(28)24-22)13-14-9-11-16(12-10-14)19(23)26/h2-12H,13H2,1H3,(H2,23,26)(H,24,28)/t22-/m1/s1. The second-order valence-corrected chi connectivity index (χ2v) is 7.03. The van der Waals surface area contributed by atoms with Crippen LogP contribution in [0.4, 0.5) is 4.79 Å². The quantitative estimate of drug-likeness (QED) is 0.689. The minimum atomic E-state index is -1.15. The van der Waals surface area contributed by atoms with E-state index >= 15 is 0 Å². The average molecular weight is 373 g/mol. The molecule has 0 spiro atoms. The van der Waals surface area contributed by atoms with Gasteiger partial charge < -0.3 is 11.1 Å². The molecule has 28 heavy (non-hydrogen) atoms. The van der Waals surface area contributed by atoms with Gasteiger partial charge in [0.1, 0.15) is 5.54 Å². The van der Waals surface area contributed by atoms with Crippen LogP contribution < -0.4 is 11.1 Å². The minimum Gasteiger partial charge on any atom is -0.366 e. The van der Waals surface area contributed by atoms with Crippen molar-refractivity contribution < 1.29 is 14.4 Å². The Morgan fingerprint density at radius 3 is 2.39 bits per heavy atom. The van der Waals surface area contributed by atoms with Crippen molar-refractivity contribution in [3.8, 4) is 0 Å². The summed E-state index contributed by atoms with van der Waals surface area (Å²) in [7, 11) is 0. The van der Waals surface area contributed by atoms with Crippen LogP contribution in [0, 0.1) is 0 Å². The van der Waals surface area contributed by atoms with Gasteiger partial charge in [-0.3, -0.25) is 14.5 Å². The summed E-state index contributed by atoms with van der Waals surface area (Å²) in [6, 6.07) is 19.6. The number of fused-ring (bicyclic) bond motifs is 1.